The van der Waals surface area contributed by atoms with Gasteiger partial charge in [-0.15, -0.1) is 0 Å². The maximum absolute atomic E-state index is 6.18. The van der Waals surface area contributed by atoms with Crippen molar-refractivity contribution in [1.82, 2.24) is 9.55 Å². The highest BCUT2D eigenvalue weighted by Gasteiger charge is 2.17. The molecule has 0 saturated heterocycles. The third kappa shape index (κ3) is 2.47. The molecular weight excluding hydrogens is 306 g/mol. The number of fused-ring (bicyclic) bond motifs is 3. The van der Waals surface area contributed by atoms with Crippen LogP contribution in [0.4, 0.5) is 5.69 Å². The van der Waals surface area contributed by atoms with Crippen LogP contribution in [0.3, 0.4) is 0 Å². The minimum Gasteiger partial charge on any atom is -0.398 e. The van der Waals surface area contributed by atoms with E-state index < -0.39 is 0 Å². The molecule has 3 heteroatoms. The van der Waals surface area contributed by atoms with Gasteiger partial charge < -0.3 is 5.73 Å². The van der Waals surface area contributed by atoms with Crippen LogP contribution in [-0.2, 0) is 5.41 Å². The number of hydrogen-bond acceptors (Lipinski definition) is 2. The monoisotopic (exact) mass is 329 g/mol. The zero-order valence-electron chi connectivity index (χ0n) is 15.2. The molecule has 0 amide bonds. The highest BCUT2D eigenvalue weighted by atomic mass is 15.1. The standard InChI is InChI=1S/C22H23N3/c1-14-11-20-17(13-18(14)23)16-7-5-6-8-19(16)25(20)21-12-15(9-10-24-21)22(2,3)4/h5-13H,23H2,1-4H3. The number of nitrogen functional groups attached to an aromatic ring is 1. The Morgan fingerprint density at radius 3 is 2.44 bits per heavy atom. The molecule has 126 valence electrons. The summed E-state index contributed by atoms with van der Waals surface area (Å²) in [5.74, 6) is 0.947. The summed E-state index contributed by atoms with van der Waals surface area (Å²) in [5, 5.41) is 2.37. The van der Waals surface area contributed by atoms with Crippen molar-refractivity contribution in [2.75, 3.05) is 5.73 Å². The first-order valence-corrected chi connectivity index (χ1v) is 8.62. The van der Waals surface area contributed by atoms with Crippen molar-refractivity contribution in [2.24, 2.45) is 0 Å². The van der Waals surface area contributed by atoms with Gasteiger partial charge in [-0.3, -0.25) is 4.57 Å². The van der Waals surface area contributed by atoms with Crippen LogP contribution < -0.4 is 5.73 Å². The number of aromatic nitrogens is 2. The summed E-state index contributed by atoms with van der Waals surface area (Å²) in [6, 6.07) is 17.0. The molecule has 3 nitrogen and oxygen atoms in total. The number of rotatable bonds is 1. The van der Waals surface area contributed by atoms with Crippen LogP contribution >= 0.6 is 0 Å². The fraction of sp³-hybridized carbons (Fsp3) is 0.227. The lowest BCUT2D eigenvalue weighted by atomic mass is 9.88. The number of pyridine rings is 1. The number of para-hydroxylation sites is 1. The second kappa shape index (κ2) is 5.35. The van der Waals surface area contributed by atoms with Gasteiger partial charge >= 0.3 is 0 Å². The Hall–Kier alpha value is -2.81. The van der Waals surface area contributed by atoms with E-state index in [0.717, 1.165) is 28.1 Å². The number of hydrogen-bond donors (Lipinski definition) is 1. The Bertz CT molecular complexity index is 1100. The third-order valence-corrected chi connectivity index (χ3v) is 4.90. The zero-order valence-corrected chi connectivity index (χ0v) is 15.2. The number of aryl methyl sites for hydroxylation is 1. The van der Waals surface area contributed by atoms with Crippen LogP contribution in [0.15, 0.2) is 54.7 Å². The summed E-state index contributed by atoms with van der Waals surface area (Å²) >= 11 is 0. The SMILES string of the molecule is Cc1cc2c(cc1N)c1ccccc1n2-c1cc(C(C)(C)C)ccn1. The Balaban J connectivity index is 2.12. The van der Waals surface area contributed by atoms with E-state index in [1.807, 2.05) is 6.20 Å². The van der Waals surface area contributed by atoms with Gasteiger partial charge in [-0.25, -0.2) is 4.98 Å². The fourth-order valence-corrected chi connectivity index (χ4v) is 3.39. The van der Waals surface area contributed by atoms with Gasteiger partial charge in [0.15, 0.2) is 0 Å². The van der Waals surface area contributed by atoms with Crippen LogP contribution in [0.25, 0.3) is 27.6 Å². The number of nitrogens with two attached hydrogens (primary N) is 1. The van der Waals surface area contributed by atoms with E-state index in [1.54, 1.807) is 0 Å². The molecule has 0 spiro atoms. The maximum Gasteiger partial charge on any atom is 0.137 e. The first-order chi connectivity index (χ1) is 11.9. The van der Waals surface area contributed by atoms with E-state index in [-0.39, 0.29) is 5.41 Å². The van der Waals surface area contributed by atoms with Crippen molar-refractivity contribution < 1.29 is 0 Å². The first-order valence-electron chi connectivity index (χ1n) is 8.62. The van der Waals surface area contributed by atoms with Crippen molar-refractivity contribution in [2.45, 2.75) is 33.1 Å². The summed E-state index contributed by atoms with van der Waals surface area (Å²) in [6.07, 6.45) is 1.90. The Morgan fingerprint density at radius 2 is 1.68 bits per heavy atom. The van der Waals surface area contributed by atoms with Crippen LogP contribution in [0, 0.1) is 6.92 Å². The first kappa shape index (κ1) is 15.7. The van der Waals surface area contributed by atoms with Gasteiger partial charge in [0.25, 0.3) is 0 Å². The van der Waals surface area contributed by atoms with E-state index >= 15 is 0 Å². The molecule has 2 aromatic heterocycles. The average molecular weight is 329 g/mol. The predicted octanol–water partition coefficient (Wildman–Crippen LogP) is 5.37. The van der Waals surface area contributed by atoms with Crippen LogP contribution in [0.5, 0.6) is 0 Å². The number of benzene rings is 2. The lowest BCUT2D eigenvalue weighted by molar-refractivity contribution is 0.588. The third-order valence-electron chi connectivity index (χ3n) is 4.90. The van der Waals surface area contributed by atoms with Crippen molar-refractivity contribution >= 4 is 27.5 Å². The van der Waals surface area contributed by atoms with Gasteiger partial charge in [-0.1, -0.05) is 39.0 Å². The van der Waals surface area contributed by atoms with Crippen LogP contribution in [-0.4, -0.2) is 9.55 Å². The van der Waals surface area contributed by atoms with Crippen LogP contribution in [0.2, 0.25) is 0 Å². The van der Waals surface area contributed by atoms with Crippen molar-refractivity contribution in [3.63, 3.8) is 0 Å². The molecule has 0 atom stereocenters. The van der Waals surface area contributed by atoms with Crippen LogP contribution in [0.1, 0.15) is 31.9 Å². The molecule has 0 bridgehead atoms. The molecular formula is C22H23N3. The predicted molar refractivity (Wildman–Crippen MR) is 106 cm³/mol. The number of anilines is 1. The zero-order chi connectivity index (χ0) is 17.8. The lowest BCUT2D eigenvalue weighted by Crippen LogP contribution is -2.12. The molecule has 0 aliphatic heterocycles. The molecule has 2 aromatic carbocycles. The smallest absolute Gasteiger partial charge is 0.137 e. The molecule has 0 fully saturated rings. The molecule has 0 aliphatic rings. The molecule has 4 rings (SSSR count). The highest BCUT2D eigenvalue weighted by molar-refractivity contribution is 6.10. The van der Waals surface area contributed by atoms with Gasteiger partial charge in [0, 0.05) is 22.7 Å². The Morgan fingerprint density at radius 1 is 0.920 bits per heavy atom. The minimum atomic E-state index is 0.0802. The summed E-state index contributed by atoms with van der Waals surface area (Å²) in [6.45, 7) is 8.73. The van der Waals surface area contributed by atoms with Gasteiger partial charge in [0.1, 0.15) is 5.82 Å². The Kier molecular flexibility index (Phi) is 3.36. The molecule has 25 heavy (non-hydrogen) atoms. The second-order valence-corrected chi connectivity index (χ2v) is 7.73. The second-order valence-electron chi connectivity index (χ2n) is 7.73. The van der Waals surface area contributed by atoms with E-state index in [9.17, 15) is 0 Å². The molecule has 0 saturated carbocycles. The summed E-state index contributed by atoms with van der Waals surface area (Å²) in [7, 11) is 0. The molecule has 0 aliphatic carbocycles. The molecule has 4 aromatic rings. The molecule has 0 unspecified atom stereocenters. The van der Waals surface area contributed by atoms with Crippen molar-refractivity contribution in [3.8, 4) is 5.82 Å². The largest absolute Gasteiger partial charge is 0.398 e. The van der Waals surface area contributed by atoms with Crippen molar-refractivity contribution in [1.29, 1.82) is 0 Å². The molecule has 0 radical (unpaired) electrons. The van der Waals surface area contributed by atoms with Crippen molar-refractivity contribution in [3.05, 3.63) is 65.9 Å². The number of nitrogens with zero attached hydrogens (tertiary/aromatic N) is 2. The van der Waals surface area contributed by atoms with Gasteiger partial charge in [0.2, 0.25) is 0 Å². The molecule has 2 N–H and O–H groups in total. The summed E-state index contributed by atoms with van der Waals surface area (Å²) in [4.78, 5) is 4.68. The van der Waals surface area contributed by atoms with E-state index in [1.165, 1.54) is 16.3 Å². The molecule has 2 heterocycles. The average Bonchev–Trinajstić information content (AvgIpc) is 2.88. The van der Waals surface area contributed by atoms with Gasteiger partial charge in [-0.05, 0) is 53.8 Å². The minimum absolute atomic E-state index is 0.0802. The highest BCUT2D eigenvalue weighted by Crippen LogP contribution is 2.34. The maximum atomic E-state index is 6.18. The Labute approximate surface area is 148 Å². The van der Waals surface area contributed by atoms with E-state index in [2.05, 4.69) is 85.8 Å². The normalized spacial score (nSPS) is 12.2. The van der Waals surface area contributed by atoms with E-state index in [4.69, 9.17) is 5.73 Å². The van der Waals surface area contributed by atoms with Gasteiger partial charge in [0.05, 0.1) is 11.0 Å². The quantitative estimate of drug-likeness (QED) is 0.477. The summed E-state index contributed by atoms with van der Waals surface area (Å²) in [5.41, 5.74) is 11.7. The fourth-order valence-electron chi connectivity index (χ4n) is 3.39. The summed E-state index contributed by atoms with van der Waals surface area (Å²) < 4.78 is 2.24. The topological polar surface area (TPSA) is 43.8 Å². The van der Waals surface area contributed by atoms with Gasteiger partial charge in [-0.2, -0.15) is 0 Å². The lowest BCUT2D eigenvalue weighted by Gasteiger charge is -2.20. The van der Waals surface area contributed by atoms with E-state index in [0.29, 0.717) is 0 Å².